The van der Waals surface area contributed by atoms with Crippen molar-refractivity contribution in [1.29, 1.82) is 0 Å². The molecule has 0 N–H and O–H groups in total. The molecular formula is C16H28O3. The lowest BCUT2D eigenvalue weighted by molar-refractivity contribution is -0.147. The Balaban J connectivity index is 1.97. The van der Waals surface area contributed by atoms with Gasteiger partial charge in [0, 0.05) is 5.41 Å². The summed E-state index contributed by atoms with van der Waals surface area (Å²) in [6.07, 6.45) is 5.49. The van der Waals surface area contributed by atoms with Crippen LogP contribution in [0, 0.1) is 16.7 Å². The molecule has 110 valence electrons. The van der Waals surface area contributed by atoms with E-state index in [0.29, 0.717) is 24.5 Å². The second-order valence-electron chi connectivity index (χ2n) is 7.31. The Labute approximate surface area is 117 Å². The Kier molecular flexibility index (Phi) is 4.24. The highest BCUT2D eigenvalue weighted by Gasteiger charge is 2.50. The molecule has 3 nitrogen and oxygen atoms in total. The van der Waals surface area contributed by atoms with Crippen LogP contribution in [0.3, 0.4) is 0 Å². The van der Waals surface area contributed by atoms with Gasteiger partial charge in [-0.25, -0.2) is 0 Å². The molecule has 1 heterocycles. The number of carbonyl (C=O) groups is 1. The van der Waals surface area contributed by atoms with Crippen molar-refractivity contribution in [3.8, 4) is 0 Å². The summed E-state index contributed by atoms with van der Waals surface area (Å²) in [6.45, 7) is 10.1. The minimum Gasteiger partial charge on any atom is -0.466 e. The summed E-state index contributed by atoms with van der Waals surface area (Å²) in [7, 11) is 0. The fraction of sp³-hybridized carbons (Fsp3) is 0.938. The summed E-state index contributed by atoms with van der Waals surface area (Å²) in [4.78, 5) is 11.8. The van der Waals surface area contributed by atoms with E-state index < -0.39 is 0 Å². The van der Waals surface area contributed by atoms with Crippen LogP contribution in [-0.2, 0) is 14.3 Å². The lowest BCUT2D eigenvalue weighted by atomic mass is 9.62. The number of hydrogen-bond donors (Lipinski definition) is 0. The van der Waals surface area contributed by atoms with Crippen molar-refractivity contribution in [3.63, 3.8) is 0 Å². The highest BCUT2D eigenvalue weighted by atomic mass is 16.6. The third-order valence-electron chi connectivity index (χ3n) is 5.02. The van der Waals surface area contributed by atoms with Gasteiger partial charge in [-0.3, -0.25) is 4.79 Å². The van der Waals surface area contributed by atoms with Gasteiger partial charge < -0.3 is 9.47 Å². The monoisotopic (exact) mass is 268 g/mol. The molecule has 0 radical (unpaired) electrons. The number of hydrogen-bond acceptors (Lipinski definition) is 3. The van der Waals surface area contributed by atoms with Crippen molar-refractivity contribution in [2.24, 2.45) is 16.7 Å². The summed E-state index contributed by atoms with van der Waals surface area (Å²) < 4.78 is 10.7. The molecule has 1 unspecified atom stereocenters. The second kappa shape index (κ2) is 5.43. The molecule has 1 aliphatic carbocycles. The fourth-order valence-electron chi connectivity index (χ4n) is 3.57. The smallest absolute Gasteiger partial charge is 0.306 e. The molecule has 1 saturated heterocycles. The first-order valence-corrected chi connectivity index (χ1v) is 7.64. The van der Waals surface area contributed by atoms with Crippen LogP contribution >= 0.6 is 0 Å². The van der Waals surface area contributed by atoms with Gasteiger partial charge >= 0.3 is 5.97 Å². The molecule has 3 heteroatoms. The quantitative estimate of drug-likeness (QED) is 0.578. The number of esters is 1. The summed E-state index contributed by atoms with van der Waals surface area (Å²) in [5.41, 5.74) is 0.439. The average molecular weight is 268 g/mol. The third-order valence-corrected chi connectivity index (χ3v) is 5.02. The standard InChI is InChI=1S/C16H28O3/c1-5-18-14(17)10-16(13-11-19-13)8-6-12(7-9-16)15(2,3)4/h12-13H,5-11H2,1-4H3. The molecule has 1 saturated carbocycles. The van der Waals surface area contributed by atoms with Crippen LogP contribution in [0.2, 0.25) is 0 Å². The van der Waals surface area contributed by atoms with Crippen LogP contribution in [0.5, 0.6) is 0 Å². The molecule has 0 spiro atoms. The molecule has 2 aliphatic rings. The second-order valence-corrected chi connectivity index (χ2v) is 7.31. The van der Waals surface area contributed by atoms with E-state index in [1.807, 2.05) is 6.92 Å². The first kappa shape index (κ1) is 14.8. The Morgan fingerprint density at radius 2 is 1.89 bits per heavy atom. The van der Waals surface area contributed by atoms with Gasteiger partial charge in [-0.1, -0.05) is 20.8 Å². The predicted molar refractivity (Wildman–Crippen MR) is 74.8 cm³/mol. The van der Waals surface area contributed by atoms with Crippen LogP contribution in [0.25, 0.3) is 0 Å². The van der Waals surface area contributed by atoms with Crippen LogP contribution in [0.15, 0.2) is 0 Å². The molecular weight excluding hydrogens is 240 g/mol. The van der Waals surface area contributed by atoms with Crippen molar-refractivity contribution < 1.29 is 14.3 Å². The lowest BCUT2D eigenvalue weighted by Gasteiger charge is -2.43. The largest absolute Gasteiger partial charge is 0.466 e. The van der Waals surface area contributed by atoms with Gasteiger partial charge in [0.1, 0.15) is 0 Å². The Bertz CT molecular complexity index is 317. The zero-order valence-electron chi connectivity index (χ0n) is 12.8. The van der Waals surface area contributed by atoms with Gasteiger partial charge in [-0.05, 0) is 43.9 Å². The van der Waals surface area contributed by atoms with Crippen molar-refractivity contribution in [3.05, 3.63) is 0 Å². The Hall–Kier alpha value is -0.570. The molecule has 19 heavy (non-hydrogen) atoms. The molecule has 1 aliphatic heterocycles. The fourth-order valence-corrected chi connectivity index (χ4v) is 3.57. The van der Waals surface area contributed by atoms with E-state index >= 15 is 0 Å². The molecule has 0 aromatic heterocycles. The maximum atomic E-state index is 11.8. The first-order valence-electron chi connectivity index (χ1n) is 7.64. The summed E-state index contributed by atoms with van der Waals surface area (Å²) in [5.74, 6) is 0.716. The molecule has 0 aromatic carbocycles. The summed E-state index contributed by atoms with van der Waals surface area (Å²) in [6, 6.07) is 0. The van der Waals surface area contributed by atoms with Crippen LogP contribution in [0.1, 0.15) is 59.8 Å². The molecule has 0 aromatic rings. The molecule has 2 rings (SSSR count). The predicted octanol–water partition coefficient (Wildman–Crippen LogP) is 3.56. The summed E-state index contributed by atoms with van der Waals surface area (Å²) in [5, 5.41) is 0. The number of ether oxygens (including phenoxy) is 2. The van der Waals surface area contributed by atoms with Gasteiger partial charge in [0.2, 0.25) is 0 Å². The zero-order chi connectivity index (χ0) is 14.1. The van der Waals surface area contributed by atoms with Crippen molar-refractivity contribution >= 4 is 5.97 Å². The van der Waals surface area contributed by atoms with Crippen molar-refractivity contribution in [2.75, 3.05) is 13.2 Å². The molecule has 0 bridgehead atoms. The van der Waals surface area contributed by atoms with Gasteiger partial charge in [0.15, 0.2) is 0 Å². The minimum atomic E-state index is -0.0489. The van der Waals surface area contributed by atoms with Crippen LogP contribution in [0.4, 0.5) is 0 Å². The number of carbonyl (C=O) groups excluding carboxylic acids is 1. The van der Waals surface area contributed by atoms with Gasteiger partial charge in [0.05, 0.1) is 25.7 Å². The van der Waals surface area contributed by atoms with E-state index in [4.69, 9.17) is 9.47 Å². The number of epoxide rings is 1. The van der Waals surface area contributed by atoms with Crippen molar-refractivity contribution in [1.82, 2.24) is 0 Å². The molecule has 1 atom stereocenters. The third kappa shape index (κ3) is 3.50. The molecule has 0 amide bonds. The zero-order valence-corrected chi connectivity index (χ0v) is 12.8. The highest BCUT2D eigenvalue weighted by Crippen LogP contribution is 2.52. The van der Waals surface area contributed by atoms with E-state index in [2.05, 4.69) is 20.8 Å². The maximum absolute atomic E-state index is 11.8. The normalized spacial score (nSPS) is 34.9. The van der Waals surface area contributed by atoms with E-state index in [0.717, 1.165) is 25.4 Å². The lowest BCUT2D eigenvalue weighted by Crippen LogP contribution is -2.38. The van der Waals surface area contributed by atoms with Gasteiger partial charge in [0.25, 0.3) is 0 Å². The molecule has 2 fully saturated rings. The first-order chi connectivity index (χ1) is 8.87. The minimum absolute atomic E-state index is 0.0489. The van der Waals surface area contributed by atoms with E-state index in [1.54, 1.807) is 0 Å². The van der Waals surface area contributed by atoms with Crippen LogP contribution in [-0.4, -0.2) is 25.3 Å². The average Bonchev–Trinajstić information content (AvgIpc) is 3.12. The Morgan fingerprint density at radius 3 is 2.32 bits per heavy atom. The summed E-state index contributed by atoms with van der Waals surface area (Å²) >= 11 is 0. The topological polar surface area (TPSA) is 38.8 Å². The SMILES string of the molecule is CCOC(=O)CC1(C2CO2)CCC(C(C)(C)C)CC1. The number of rotatable bonds is 4. The van der Waals surface area contributed by atoms with Crippen LogP contribution < -0.4 is 0 Å². The van der Waals surface area contributed by atoms with E-state index in [1.165, 1.54) is 12.8 Å². The maximum Gasteiger partial charge on any atom is 0.306 e. The van der Waals surface area contributed by atoms with E-state index in [-0.39, 0.29) is 11.4 Å². The van der Waals surface area contributed by atoms with Crippen molar-refractivity contribution in [2.45, 2.75) is 65.9 Å². The highest BCUT2D eigenvalue weighted by molar-refractivity contribution is 5.70. The van der Waals surface area contributed by atoms with Gasteiger partial charge in [-0.2, -0.15) is 0 Å². The Morgan fingerprint density at radius 1 is 1.32 bits per heavy atom. The van der Waals surface area contributed by atoms with Gasteiger partial charge in [-0.15, -0.1) is 0 Å². The van der Waals surface area contributed by atoms with E-state index in [9.17, 15) is 4.79 Å².